The minimum atomic E-state index is 1.07. The minimum Gasteiger partial charge on any atom is -0.0654 e. The van der Waals surface area contributed by atoms with Crippen LogP contribution >= 0.6 is 0 Å². The monoisotopic (exact) mass is 378 g/mol. The van der Waals surface area contributed by atoms with Crippen molar-refractivity contribution >= 4 is 0 Å². The van der Waals surface area contributed by atoms with Crippen molar-refractivity contribution in [1.29, 1.82) is 0 Å². The summed E-state index contributed by atoms with van der Waals surface area (Å²) in [6.07, 6.45) is 37.5. The molecule has 0 unspecified atom stereocenters. The highest BCUT2D eigenvalue weighted by Gasteiger charge is 2.09. The van der Waals surface area contributed by atoms with Crippen LogP contribution in [0.5, 0.6) is 0 Å². The van der Waals surface area contributed by atoms with Gasteiger partial charge in [-0.3, -0.25) is 0 Å². The maximum atomic E-state index is 2.31. The van der Waals surface area contributed by atoms with E-state index in [1.54, 1.807) is 0 Å². The molecule has 0 N–H and O–H groups in total. The van der Waals surface area contributed by atoms with Crippen LogP contribution in [0.1, 0.15) is 167 Å². The Kier molecular flexibility index (Phi) is 19.2. The van der Waals surface area contributed by atoms with E-state index in [1.807, 2.05) is 0 Å². The molecule has 0 heteroatoms. The number of hydrogen-bond acceptors (Lipinski definition) is 0. The quantitative estimate of drug-likeness (QED) is 0.264. The first kappa shape index (κ1) is 25.0. The Morgan fingerprint density at radius 2 is 0.741 bits per heavy atom. The second-order valence-corrected chi connectivity index (χ2v) is 9.66. The highest BCUT2D eigenvalue weighted by molar-refractivity contribution is 4.63. The normalized spacial score (nSPS) is 18.1. The maximum Gasteiger partial charge on any atom is -0.0414 e. The van der Waals surface area contributed by atoms with Crippen molar-refractivity contribution < 1.29 is 0 Å². The molecule has 0 radical (unpaired) electrons. The molecule has 27 heavy (non-hydrogen) atoms. The fourth-order valence-corrected chi connectivity index (χ4v) is 4.99. The molecule has 0 saturated heterocycles. The topological polar surface area (TPSA) is 0 Å². The maximum absolute atomic E-state index is 2.31. The summed E-state index contributed by atoms with van der Waals surface area (Å²) in [4.78, 5) is 0. The molecular formula is C27H54. The van der Waals surface area contributed by atoms with Gasteiger partial charge in [0.25, 0.3) is 0 Å². The first-order valence-electron chi connectivity index (χ1n) is 13.4. The standard InChI is InChI=1S/C27H54/c1-2-3-4-5-6-7-8-9-10-12-15-18-21-24-27-25-22-19-16-13-11-14-17-20-23-26-27/h27H,2-26H2,1H3. The van der Waals surface area contributed by atoms with Gasteiger partial charge in [-0.15, -0.1) is 0 Å². The summed E-state index contributed by atoms with van der Waals surface area (Å²) in [6, 6.07) is 0. The average molecular weight is 379 g/mol. The molecule has 1 rings (SSSR count). The summed E-state index contributed by atoms with van der Waals surface area (Å²) < 4.78 is 0. The second kappa shape index (κ2) is 20.7. The van der Waals surface area contributed by atoms with Crippen LogP contribution in [0.25, 0.3) is 0 Å². The zero-order valence-electron chi connectivity index (χ0n) is 19.3. The molecule has 1 fully saturated rings. The van der Waals surface area contributed by atoms with Crippen LogP contribution in [0.2, 0.25) is 0 Å². The van der Waals surface area contributed by atoms with E-state index in [-0.39, 0.29) is 0 Å². The zero-order valence-corrected chi connectivity index (χ0v) is 19.3. The van der Waals surface area contributed by atoms with Gasteiger partial charge in [0.15, 0.2) is 0 Å². The zero-order chi connectivity index (χ0) is 19.3. The van der Waals surface area contributed by atoms with Crippen molar-refractivity contribution in [3.05, 3.63) is 0 Å². The van der Waals surface area contributed by atoms with Crippen LogP contribution in [0, 0.1) is 5.92 Å². The Labute approximate surface area is 173 Å². The average Bonchev–Trinajstić information content (AvgIpc) is 2.67. The lowest BCUT2D eigenvalue weighted by molar-refractivity contribution is 0.360. The van der Waals surface area contributed by atoms with Crippen LogP contribution in [0.3, 0.4) is 0 Å². The van der Waals surface area contributed by atoms with E-state index in [2.05, 4.69) is 6.92 Å². The molecule has 0 heterocycles. The van der Waals surface area contributed by atoms with E-state index in [9.17, 15) is 0 Å². The van der Waals surface area contributed by atoms with Crippen molar-refractivity contribution in [3.8, 4) is 0 Å². The predicted octanol–water partition coefficient (Wildman–Crippen LogP) is 10.4. The first-order chi connectivity index (χ1) is 13.4. The summed E-state index contributed by atoms with van der Waals surface area (Å²) in [5, 5.41) is 0. The molecular weight excluding hydrogens is 324 g/mol. The van der Waals surface area contributed by atoms with Crippen molar-refractivity contribution in [2.24, 2.45) is 5.92 Å². The lowest BCUT2D eigenvalue weighted by Gasteiger charge is -2.17. The number of rotatable bonds is 14. The smallest absolute Gasteiger partial charge is 0.0414 e. The van der Waals surface area contributed by atoms with E-state index in [0.29, 0.717) is 0 Å². The molecule has 0 aromatic rings. The van der Waals surface area contributed by atoms with Gasteiger partial charge >= 0.3 is 0 Å². The van der Waals surface area contributed by atoms with Crippen LogP contribution in [0.15, 0.2) is 0 Å². The first-order valence-corrected chi connectivity index (χ1v) is 13.4. The van der Waals surface area contributed by atoms with E-state index < -0.39 is 0 Å². The molecule has 0 aliphatic heterocycles. The minimum absolute atomic E-state index is 1.07. The van der Waals surface area contributed by atoms with Gasteiger partial charge in [0.2, 0.25) is 0 Å². The van der Waals surface area contributed by atoms with Crippen molar-refractivity contribution in [3.63, 3.8) is 0 Å². The van der Waals surface area contributed by atoms with Crippen molar-refractivity contribution in [1.82, 2.24) is 0 Å². The Hall–Kier alpha value is 0. The second-order valence-electron chi connectivity index (χ2n) is 9.66. The molecule has 0 atom stereocenters. The molecule has 0 spiro atoms. The largest absolute Gasteiger partial charge is 0.0654 e. The van der Waals surface area contributed by atoms with Gasteiger partial charge in [0, 0.05) is 0 Å². The van der Waals surface area contributed by atoms with Crippen molar-refractivity contribution in [2.75, 3.05) is 0 Å². The fraction of sp³-hybridized carbons (Fsp3) is 1.00. The lowest BCUT2D eigenvalue weighted by atomic mass is 9.89. The third-order valence-electron chi connectivity index (χ3n) is 6.94. The molecule has 1 aliphatic carbocycles. The van der Waals surface area contributed by atoms with E-state index >= 15 is 0 Å². The predicted molar refractivity (Wildman–Crippen MR) is 125 cm³/mol. The Morgan fingerprint density at radius 3 is 1.15 bits per heavy atom. The van der Waals surface area contributed by atoms with Crippen LogP contribution < -0.4 is 0 Å². The Balaban J connectivity index is 1.88. The van der Waals surface area contributed by atoms with Crippen molar-refractivity contribution in [2.45, 2.75) is 167 Å². The van der Waals surface area contributed by atoms with Gasteiger partial charge in [-0.1, -0.05) is 167 Å². The molecule has 0 bridgehead atoms. The van der Waals surface area contributed by atoms with Crippen LogP contribution in [-0.4, -0.2) is 0 Å². The highest BCUT2D eigenvalue weighted by Crippen LogP contribution is 2.25. The molecule has 0 aromatic carbocycles. The molecule has 1 aliphatic rings. The van der Waals surface area contributed by atoms with Gasteiger partial charge < -0.3 is 0 Å². The van der Waals surface area contributed by atoms with E-state index in [0.717, 1.165) is 5.92 Å². The van der Waals surface area contributed by atoms with Crippen LogP contribution in [-0.2, 0) is 0 Å². The highest BCUT2D eigenvalue weighted by atomic mass is 14.2. The van der Waals surface area contributed by atoms with Gasteiger partial charge in [0.05, 0.1) is 0 Å². The summed E-state index contributed by atoms with van der Waals surface area (Å²) in [5.41, 5.74) is 0. The third kappa shape index (κ3) is 17.8. The summed E-state index contributed by atoms with van der Waals surface area (Å²) in [6.45, 7) is 2.31. The third-order valence-corrected chi connectivity index (χ3v) is 6.94. The lowest BCUT2D eigenvalue weighted by Crippen LogP contribution is -2.02. The Bertz CT molecular complexity index is 257. The van der Waals surface area contributed by atoms with Gasteiger partial charge in [-0.25, -0.2) is 0 Å². The molecule has 0 nitrogen and oxygen atoms in total. The summed E-state index contributed by atoms with van der Waals surface area (Å²) >= 11 is 0. The van der Waals surface area contributed by atoms with E-state index in [1.165, 1.54) is 161 Å². The Morgan fingerprint density at radius 1 is 0.407 bits per heavy atom. The van der Waals surface area contributed by atoms with E-state index in [4.69, 9.17) is 0 Å². The molecule has 0 aromatic heterocycles. The summed E-state index contributed by atoms with van der Waals surface area (Å²) in [5.74, 6) is 1.07. The number of unbranched alkanes of at least 4 members (excludes halogenated alkanes) is 12. The fourth-order valence-electron chi connectivity index (χ4n) is 4.99. The summed E-state index contributed by atoms with van der Waals surface area (Å²) in [7, 11) is 0. The molecule has 162 valence electrons. The van der Waals surface area contributed by atoms with Gasteiger partial charge in [-0.2, -0.15) is 0 Å². The van der Waals surface area contributed by atoms with Crippen LogP contribution in [0.4, 0.5) is 0 Å². The van der Waals surface area contributed by atoms with Gasteiger partial charge in [0.1, 0.15) is 0 Å². The molecule has 0 amide bonds. The molecule has 1 saturated carbocycles. The SMILES string of the molecule is CCCCCCCCCCCCCCCC1CCCCCCCCCCC1. The van der Waals surface area contributed by atoms with Gasteiger partial charge in [-0.05, 0) is 5.92 Å². The number of hydrogen-bond donors (Lipinski definition) is 0.